The van der Waals surface area contributed by atoms with Crippen LogP contribution in [-0.2, 0) is 14.8 Å². The Morgan fingerprint density at radius 1 is 0.938 bits per heavy atom. The fourth-order valence-electron chi connectivity index (χ4n) is 3.43. The fourth-order valence-corrected chi connectivity index (χ4v) is 4.90. The van der Waals surface area contributed by atoms with Gasteiger partial charge in [0.2, 0.25) is 15.9 Å². The van der Waals surface area contributed by atoms with Gasteiger partial charge in [-0.2, -0.15) is 4.31 Å². The van der Waals surface area contributed by atoms with Crippen molar-refractivity contribution in [1.82, 2.24) is 9.21 Å². The number of nitrogens with zero attached hydrogens (tertiary/aromatic N) is 2. The summed E-state index contributed by atoms with van der Waals surface area (Å²) in [4.78, 5) is 27.3. The molecule has 1 aliphatic heterocycles. The number of anilines is 1. The molecule has 0 radical (unpaired) electrons. The van der Waals surface area contributed by atoms with E-state index in [1.165, 1.54) is 4.31 Å². The number of carbonyl (C=O) groups is 2. The highest BCUT2D eigenvalue weighted by Gasteiger charge is 2.29. The van der Waals surface area contributed by atoms with Gasteiger partial charge in [0.15, 0.2) is 0 Å². The summed E-state index contributed by atoms with van der Waals surface area (Å²) in [6.07, 6.45) is 0.553. The van der Waals surface area contributed by atoms with Crippen LogP contribution < -0.4 is 5.32 Å². The largest absolute Gasteiger partial charge is 0.337 e. The molecule has 7 nitrogen and oxygen atoms in total. The van der Waals surface area contributed by atoms with Crippen LogP contribution in [0, 0.1) is 12.3 Å². The van der Waals surface area contributed by atoms with Crippen LogP contribution in [0.3, 0.4) is 0 Å². The van der Waals surface area contributed by atoms with Crippen molar-refractivity contribution in [2.24, 2.45) is 5.41 Å². The number of amides is 2. The molecule has 1 heterocycles. The molecular formula is C24H31N3O4S. The maximum absolute atomic E-state index is 13.1. The molecule has 1 N–H and O–H groups in total. The smallest absolute Gasteiger partial charge is 0.253 e. The van der Waals surface area contributed by atoms with E-state index in [0.717, 1.165) is 5.56 Å². The van der Waals surface area contributed by atoms with Crippen molar-refractivity contribution in [2.75, 3.05) is 31.5 Å². The molecule has 0 aromatic heterocycles. The molecule has 2 aromatic carbocycles. The van der Waals surface area contributed by atoms with E-state index in [-0.39, 0.29) is 23.3 Å². The van der Waals surface area contributed by atoms with Crippen LogP contribution in [0.2, 0.25) is 0 Å². The van der Waals surface area contributed by atoms with Crippen molar-refractivity contribution in [3.8, 4) is 0 Å². The van der Waals surface area contributed by atoms with Crippen molar-refractivity contribution in [3.63, 3.8) is 0 Å². The Labute approximate surface area is 190 Å². The van der Waals surface area contributed by atoms with E-state index in [9.17, 15) is 18.0 Å². The molecule has 0 spiro atoms. The summed E-state index contributed by atoms with van der Waals surface area (Å²) in [5.41, 5.74) is 1.48. The normalized spacial score (nSPS) is 15.8. The molecule has 1 aliphatic rings. The number of carbonyl (C=O) groups excluding carboxylic acids is 2. The first kappa shape index (κ1) is 23.9. The fraction of sp³-hybridized carbons (Fsp3) is 0.417. The maximum atomic E-state index is 13.1. The molecule has 8 heteroatoms. The molecule has 3 rings (SSSR count). The van der Waals surface area contributed by atoms with Crippen LogP contribution >= 0.6 is 0 Å². The third kappa shape index (κ3) is 5.55. The molecule has 2 amide bonds. The highest BCUT2D eigenvalue weighted by Crippen LogP contribution is 2.21. The molecular weight excluding hydrogens is 426 g/mol. The van der Waals surface area contributed by atoms with Gasteiger partial charge < -0.3 is 10.2 Å². The summed E-state index contributed by atoms with van der Waals surface area (Å²) >= 11 is 0. The van der Waals surface area contributed by atoms with Gasteiger partial charge in [0.25, 0.3) is 5.91 Å². The predicted molar refractivity (Wildman–Crippen MR) is 125 cm³/mol. The van der Waals surface area contributed by atoms with Crippen LogP contribution in [0.15, 0.2) is 53.4 Å². The summed E-state index contributed by atoms with van der Waals surface area (Å²) in [7, 11) is -3.60. The van der Waals surface area contributed by atoms with E-state index < -0.39 is 15.4 Å². The van der Waals surface area contributed by atoms with Gasteiger partial charge in [0.1, 0.15) is 0 Å². The molecule has 0 saturated carbocycles. The van der Waals surface area contributed by atoms with Gasteiger partial charge in [0.05, 0.1) is 4.90 Å². The van der Waals surface area contributed by atoms with Gasteiger partial charge in [-0.3, -0.25) is 9.59 Å². The van der Waals surface area contributed by atoms with Crippen LogP contribution in [0.5, 0.6) is 0 Å². The van der Waals surface area contributed by atoms with E-state index in [2.05, 4.69) is 5.32 Å². The lowest BCUT2D eigenvalue weighted by atomic mass is 9.95. The van der Waals surface area contributed by atoms with Crippen LogP contribution in [0.25, 0.3) is 0 Å². The average molecular weight is 458 g/mol. The first-order valence-corrected chi connectivity index (χ1v) is 12.2. The summed E-state index contributed by atoms with van der Waals surface area (Å²) in [6.45, 7) is 8.76. The van der Waals surface area contributed by atoms with Crippen LogP contribution in [0.1, 0.15) is 43.1 Å². The molecule has 0 atom stereocenters. The summed E-state index contributed by atoms with van der Waals surface area (Å²) in [5.74, 6) is -0.305. The zero-order chi connectivity index (χ0) is 23.5. The number of rotatable bonds is 4. The Kier molecular flexibility index (Phi) is 7.05. The zero-order valence-corrected chi connectivity index (χ0v) is 19.9. The van der Waals surface area contributed by atoms with E-state index in [1.807, 2.05) is 27.7 Å². The highest BCUT2D eigenvalue weighted by molar-refractivity contribution is 7.89. The third-order valence-corrected chi connectivity index (χ3v) is 7.36. The lowest BCUT2D eigenvalue weighted by molar-refractivity contribution is -0.123. The quantitative estimate of drug-likeness (QED) is 0.761. The molecule has 32 heavy (non-hydrogen) atoms. The maximum Gasteiger partial charge on any atom is 0.253 e. The molecule has 0 unspecified atom stereocenters. The van der Waals surface area contributed by atoms with Gasteiger partial charge in [-0.25, -0.2) is 8.42 Å². The second-order valence-electron chi connectivity index (χ2n) is 9.15. The Morgan fingerprint density at radius 2 is 1.62 bits per heavy atom. The number of sulfonamides is 1. The topological polar surface area (TPSA) is 86.8 Å². The van der Waals surface area contributed by atoms with Crippen molar-refractivity contribution >= 4 is 27.5 Å². The minimum Gasteiger partial charge on any atom is -0.337 e. The van der Waals surface area contributed by atoms with Gasteiger partial charge in [0, 0.05) is 42.8 Å². The summed E-state index contributed by atoms with van der Waals surface area (Å²) in [5, 5.41) is 2.84. The lowest BCUT2D eigenvalue weighted by Crippen LogP contribution is -2.37. The standard InChI is InChI=1S/C24H31N3O4S/c1-18-9-11-21(12-10-18)32(30,31)27-14-6-13-26(15-16-27)22(28)19-7-5-8-20(17-19)25-23(29)24(2,3)4/h5,7-12,17H,6,13-16H2,1-4H3,(H,25,29). The Balaban J connectivity index is 1.70. The Bertz CT molecular complexity index is 1090. The minimum absolute atomic E-state index is 0.131. The lowest BCUT2D eigenvalue weighted by Gasteiger charge is -2.22. The van der Waals surface area contributed by atoms with Crippen LogP contribution in [-0.4, -0.2) is 55.6 Å². The predicted octanol–water partition coefficient (Wildman–Crippen LogP) is 3.52. The highest BCUT2D eigenvalue weighted by atomic mass is 32.2. The number of aryl methyl sites for hydroxylation is 1. The van der Waals surface area contributed by atoms with Gasteiger partial charge >= 0.3 is 0 Å². The second-order valence-corrected chi connectivity index (χ2v) is 11.1. The van der Waals surface area contributed by atoms with E-state index in [4.69, 9.17) is 0 Å². The van der Waals surface area contributed by atoms with Crippen molar-refractivity contribution < 1.29 is 18.0 Å². The summed E-state index contributed by atoms with van der Waals surface area (Å²) in [6, 6.07) is 13.7. The average Bonchev–Trinajstić information content (AvgIpc) is 3.00. The molecule has 0 aliphatic carbocycles. The summed E-state index contributed by atoms with van der Waals surface area (Å²) < 4.78 is 27.5. The third-order valence-electron chi connectivity index (χ3n) is 5.45. The van der Waals surface area contributed by atoms with Crippen molar-refractivity contribution in [2.45, 2.75) is 39.0 Å². The van der Waals surface area contributed by atoms with Crippen LogP contribution in [0.4, 0.5) is 5.69 Å². The Hall–Kier alpha value is -2.71. The molecule has 172 valence electrons. The zero-order valence-electron chi connectivity index (χ0n) is 19.1. The van der Waals surface area contributed by atoms with Gasteiger partial charge in [-0.1, -0.05) is 44.5 Å². The van der Waals surface area contributed by atoms with Gasteiger partial charge in [-0.15, -0.1) is 0 Å². The first-order chi connectivity index (χ1) is 15.0. The molecule has 1 saturated heterocycles. The number of benzene rings is 2. The SMILES string of the molecule is Cc1ccc(S(=O)(=O)N2CCCN(C(=O)c3cccc(NC(=O)C(C)(C)C)c3)CC2)cc1. The molecule has 0 bridgehead atoms. The van der Waals surface area contributed by atoms with E-state index >= 15 is 0 Å². The van der Waals surface area contributed by atoms with Crippen molar-refractivity contribution in [3.05, 3.63) is 59.7 Å². The van der Waals surface area contributed by atoms with E-state index in [1.54, 1.807) is 53.4 Å². The number of hydrogen-bond donors (Lipinski definition) is 1. The molecule has 1 fully saturated rings. The molecule has 2 aromatic rings. The van der Waals surface area contributed by atoms with E-state index in [0.29, 0.717) is 37.3 Å². The van der Waals surface area contributed by atoms with Gasteiger partial charge in [-0.05, 0) is 43.7 Å². The Morgan fingerprint density at radius 3 is 2.28 bits per heavy atom. The minimum atomic E-state index is -3.60. The first-order valence-electron chi connectivity index (χ1n) is 10.8. The number of hydrogen-bond acceptors (Lipinski definition) is 4. The monoisotopic (exact) mass is 457 g/mol. The second kappa shape index (κ2) is 9.42. The number of nitrogens with one attached hydrogen (secondary N) is 1. The van der Waals surface area contributed by atoms with Crippen molar-refractivity contribution in [1.29, 1.82) is 0 Å².